The van der Waals surface area contributed by atoms with E-state index < -0.39 is 9.84 Å². The molecule has 0 radical (unpaired) electrons. The van der Waals surface area contributed by atoms with E-state index in [4.69, 9.17) is 0 Å². The summed E-state index contributed by atoms with van der Waals surface area (Å²) in [6.07, 6.45) is 9.87. The third kappa shape index (κ3) is 3.77. The van der Waals surface area contributed by atoms with E-state index in [0.29, 0.717) is 11.5 Å². The van der Waals surface area contributed by atoms with Crippen LogP contribution in [0, 0.1) is 11.8 Å². The van der Waals surface area contributed by atoms with E-state index in [1.54, 1.807) is 12.1 Å². The first kappa shape index (κ1) is 16.5. The molecule has 2 aliphatic rings. The van der Waals surface area contributed by atoms with E-state index in [1.165, 1.54) is 56.9 Å². The smallest absolute Gasteiger partial charge is 0.251 e. The number of fused-ring (bicyclic) bond motifs is 1. The second-order valence-electron chi connectivity index (χ2n) is 7.02. The summed E-state index contributed by atoms with van der Waals surface area (Å²) >= 11 is 0. The molecule has 3 rings (SSSR count). The molecular weight excluding hydrogens is 310 g/mol. The molecule has 0 aliphatic heterocycles. The molecule has 1 aromatic rings. The molecule has 126 valence electrons. The van der Waals surface area contributed by atoms with Gasteiger partial charge in [-0.15, -0.1) is 0 Å². The number of benzene rings is 1. The predicted molar refractivity (Wildman–Crippen MR) is 90.1 cm³/mol. The molecule has 3 atom stereocenters. The summed E-state index contributed by atoms with van der Waals surface area (Å²) in [6.45, 7) is 0. The van der Waals surface area contributed by atoms with Crippen LogP contribution in [0.2, 0.25) is 0 Å². The molecule has 3 unspecified atom stereocenters. The second kappa shape index (κ2) is 6.63. The zero-order valence-electron chi connectivity index (χ0n) is 13.6. The quantitative estimate of drug-likeness (QED) is 0.923. The van der Waals surface area contributed by atoms with Gasteiger partial charge in [-0.1, -0.05) is 32.1 Å². The van der Waals surface area contributed by atoms with Gasteiger partial charge in [-0.05, 0) is 48.9 Å². The molecule has 2 saturated carbocycles. The van der Waals surface area contributed by atoms with Gasteiger partial charge in [-0.25, -0.2) is 8.42 Å². The molecule has 23 heavy (non-hydrogen) atoms. The highest BCUT2D eigenvalue weighted by Gasteiger charge is 2.35. The average Bonchev–Trinajstić information content (AvgIpc) is 2.54. The lowest BCUT2D eigenvalue weighted by atomic mass is 9.68. The van der Waals surface area contributed by atoms with E-state index in [2.05, 4.69) is 5.32 Å². The van der Waals surface area contributed by atoms with Crippen molar-refractivity contribution < 1.29 is 13.2 Å². The Kier molecular flexibility index (Phi) is 4.76. The maximum Gasteiger partial charge on any atom is 0.251 e. The number of amides is 1. The minimum absolute atomic E-state index is 0.0822. The number of hydrogen-bond donors (Lipinski definition) is 1. The van der Waals surface area contributed by atoms with Gasteiger partial charge in [0.05, 0.1) is 4.90 Å². The van der Waals surface area contributed by atoms with E-state index in [1.807, 2.05) is 0 Å². The Morgan fingerprint density at radius 2 is 1.65 bits per heavy atom. The summed E-state index contributed by atoms with van der Waals surface area (Å²) in [5.74, 6) is 1.31. The molecular formula is C18H25NO3S. The van der Waals surface area contributed by atoms with Crippen LogP contribution in [0.25, 0.3) is 0 Å². The average molecular weight is 335 g/mol. The van der Waals surface area contributed by atoms with Gasteiger partial charge < -0.3 is 5.32 Å². The van der Waals surface area contributed by atoms with Crippen molar-refractivity contribution in [2.45, 2.75) is 55.9 Å². The topological polar surface area (TPSA) is 63.2 Å². The van der Waals surface area contributed by atoms with Gasteiger partial charge in [0, 0.05) is 17.9 Å². The summed E-state index contributed by atoms with van der Waals surface area (Å²) in [6, 6.07) is 6.50. The van der Waals surface area contributed by atoms with Crippen LogP contribution >= 0.6 is 0 Å². The van der Waals surface area contributed by atoms with Crippen molar-refractivity contribution in [2.75, 3.05) is 6.26 Å². The van der Waals surface area contributed by atoms with Gasteiger partial charge in [0.25, 0.3) is 5.91 Å². The lowest BCUT2D eigenvalue weighted by Crippen LogP contribution is -2.46. The Morgan fingerprint density at radius 1 is 1.00 bits per heavy atom. The lowest BCUT2D eigenvalue weighted by Gasteiger charge is -2.41. The number of sulfone groups is 1. The van der Waals surface area contributed by atoms with Crippen LogP contribution in [-0.4, -0.2) is 26.6 Å². The predicted octanol–water partition coefficient (Wildman–Crippen LogP) is 3.18. The van der Waals surface area contributed by atoms with E-state index in [9.17, 15) is 13.2 Å². The Balaban J connectivity index is 1.68. The molecule has 2 fully saturated rings. The third-order valence-corrected chi connectivity index (χ3v) is 6.56. The zero-order chi connectivity index (χ0) is 16.4. The molecule has 1 aromatic carbocycles. The first-order valence-corrected chi connectivity index (χ1v) is 10.5. The number of carbonyl (C=O) groups excluding carboxylic acids is 1. The molecule has 0 bridgehead atoms. The number of carbonyl (C=O) groups is 1. The van der Waals surface area contributed by atoms with Gasteiger partial charge in [0.1, 0.15) is 0 Å². The van der Waals surface area contributed by atoms with Crippen molar-refractivity contribution in [1.82, 2.24) is 5.32 Å². The first-order chi connectivity index (χ1) is 10.9. The van der Waals surface area contributed by atoms with Gasteiger partial charge >= 0.3 is 0 Å². The fourth-order valence-corrected chi connectivity index (χ4v) is 4.85. The van der Waals surface area contributed by atoms with E-state index >= 15 is 0 Å². The standard InChI is InChI=1S/C18H25NO3S/c1-23(21,22)15-11-9-14(10-12-15)18(20)19-17-8-4-6-13-5-2-3-7-16(13)17/h9-13,16-17H,2-8H2,1H3,(H,19,20). The minimum Gasteiger partial charge on any atom is -0.349 e. The SMILES string of the molecule is CS(=O)(=O)c1ccc(C(=O)NC2CCCC3CCCCC32)cc1. The van der Waals surface area contributed by atoms with Gasteiger partial charge in [0.15, 0.2) is 9.84 Å². The monoisotopic (exact) mass is 335 g/mol. The normalized spacial score (nSPS) is 28.0. The largest absolute Gasteiger partial charge is 0.349 e. The van der Waals surface area contributed by atoms with Gasteiger partial charge in [-0.3, -0.25) is 4.79 Å². The van der Waals surface area contributed by atoms with Crippen molar-refractivity contribution in [3.8, 4) is 0 Å². The molecule has 2 aliphatic carbocycles. The fraction of sp³-hybridized carbons (Fsp3) is 0.611. The van der Waals surface area contributed by atoms with Gasteiger partial charge in [0.2, 0.25) is 0 Å². The molecule has 0 saturated heterocycles. The van der Waals surface area contributed by atoms with Crippen LogP contribution in [0.4, 0.5) is 0 Å². The third-order valence-electron chi connectivity index (χ3n) is 5.44. The molecule has 1 N–H and O–H groups in total. The highest BCUT2D eigenvalue weighted by molar-refractivity contribution is 7.90. The number of nitrogens with one attached hydrogen (secondary N) is 1. The van der Waals surface area contributed by atoms with Crippen LogP contribution in [0.15, 0.2) is 29.2 Å². The Labute approximate surface area is 138 Å². The van der Waals surface area contributed by atoms with Crippen LogP contribution in [0.1, 0.15) is 55.3 Å². The summed E-state index contributed by atoms with van der Waals surface area (Å²) in [4.78, 5) is 12.7. The number of rotatable bonds is 3. The van der Waals surface area contributed by atoms with Crippen molar-refractivity contribution in [3.63, 3.8) is 0 Å². The van der Waals surface area contributed by atoms with Crippen LogP contribution in [0.3, 0.4) is 0 Å². The maximum atomic E-state index is 12.5. The van der Waals surface area contributed by atoms with Crippen LogP contribution in [-0.2, 0) is 9.84 Å². The number of hydrogen-bond acceptors (Lipinski definition) is 3. The van der Waals surface area contributed by atoms with E-state index in [-0.39, 0.29) is 16.8 Å². The Morgan fingerprint density at radius 3 is 2.35 bits per heavy atom. The summed E-state index contributed by atoms with van der Waals surface area (Å²) in [7, 11) is -3.22. The van der Waals surface area contributed by atoms with Crippen molar-refractivity contribution in [3.05, 3.63) is 29.8 Å². The summed E-state index contributed by atoms with van der Waals surface area (Å²) in [5, 5.41) is 3.20. The summed E-state index contributed by atoms with van der Waals surface area (Å²) in [5.41, 5.74) is 0.537. The second-order valence-corrected chi connectivity index (χ2v) is 9.03. The van der Waals surface area contributed by atoms with Crippen molar-refractivity contribution in [2.24, 2.45) is 11.8 Å². The molecule has 0 heterocycles. The molecule has 0 aromatic heterocycles. The summed E-state index contributed by atoms with van der Waals surface area (Å²) < 4.78 is 23.0. The molecule has 1 amide bonds. The van der Waals surface area contributed by atoms with Crippen molar-refractivity contribution in [1.29, 1.82) is 0 Å². The molecule has 0 spiro atoms. The minimum atomic E-state index is -3.22. The Bertz CT molecular complexity index is 664. The molecule has 4 nitrogen and oxygen atoms in total. The van der Waals surface area contributed by atoms with Crippen LogP contribution < -0.4 is 5.32 Å². The zero-order valence-corrected chi connectivity index (χ0v) is 14.4. The van der Waals surface area contributed by atoms with Crippen LogP contribution in [0.5, 0.6) is 0 Å². The fourth-order valence-electron chi connectivity index (χ4n) is 4.22. The molecule has 5 heteroatoms. The highest BCUT2D eigenvalue weighted by atomic mass is 32.2. The van der Waals surface area contributed by atoms with Gasteiger partial charge in [-0.2, -0.15) is 0 Å². The highest BCUT2D eigenvalue weighted by Crippen LogP contribution is 2.40. The van der Waals surface area contributed by atoms with E-state index in [0.717, 1.165) is 12.3 Å². The maximum absolute atomic E-state index is 12.5. The van der Waals surface area contributed by atoms with Crippen molar-refractivity contribution >= 4 is 15.7 Å². The lowest BCUT2D eigenvalue weighted by molar-refractivity contribution is 0.0823. The Hall–Kier alpha value is -1.36. The first-order valence-electron chi connectivity index (χ1n) is 8.56.